The number of amides is 1. The lowest BCUT2D eigenvalue weighted by Crippen LogP contribution is -2.03. The number of rotatable bonds is 4. The first-order valence-electron chi connectivity index (χ1n) is 7.83. The molecule has 0 spiro atoms. The van der Waals surface area contributed by atoms with Gasteiger partial charge in [0.1, 0.15) is 5.75 Å². The van der Waals surface area contributed by atoms with Crippen molar-refractivity contribution >= 4 is 23.2 Å². The van der Waals surface area contributed by atoms with Crippen molar-refractivity contribution in [1.29, 1.82) is 0 Å². The zero-order chi connectivity index (χ0) is 17.2. The number of anilines is 1. The minimum Gasteiger partial charge on any atom is -0.485 e. The molecule has 3 aromatic rings. The van der Waals surface area contributed by atoms with Crippen LogP contribution in [-0.4, -0.2) is 16.0 Å². The van der Waals surface area contributed by atoms with Crippen LogP contribution < -0.4 is 10.1 Å². The SMILES string of the molecule is Cc1nc(COc2ccc(/C=C3/C(=O)Nc4ccccc43)cc2)no1. The highest BCUT2D eigenvalue weighted by Crippen LogP contribution is 2.32. The van der Waals surface area contributed by atoms with Crippen molar-refractivity contribution in [3.63, 3.8) is 0 Å². The van der Waals surface area contributed by atoms with Crippen LogP contribution in [0.1, 0.15) is 22.8 Å². The summed E-state index contributed by atoms with van der Waals surface area (Å²) < 4.78 is 10.5. The van der Waals surface area contributed by atoms with Crippen LogP contribution in [0.5, 0.6) is 5.75 Å². The molecule has 25 heavy (non-hydrogen) atoms. The van der Waals surface area contributed by atoms with Crippen LogP contribution in [-0.2, 0) is 11.4 Å². The maximum Gasteiger partial charge on any atom is 0.256 e. The minimum atomic E-state index is -0.0889. The van der Waals surface area contributed by atoms with Gasteiger partial charge in [0, 0.05) is 23.7 Å². The molecule has 6 nitrogen and oxygen atoms in total. The molecule has 1 aromatic heterocycles. The third-order valence-corrected chi connectivity index (χ3v) is 3.84. The van der Waals surface area contributed by atoms with E-state index in [0.29, 0.717) is 23.0 Å². The van der Waals surface area contributed by atoms with E-state index < -0.39 is 0 Å². The van der Waals surface area contributed by atoms with Crippen LogP contribution in [0.25, 0.3) is 11.6 Å². The zero-order valence-electron chi connectivity index (χ0n) is 13.5. The molecule has 124 valence electrons. The lowest BCUT2D eigenvalue weighted by atomic mass is 10.0. The number of aromatic nitrogens is 2. The van der Waals surface area contributed by atoms with Gasteiger partial charge in [-0.25, -0.2) is 0 Å². The van der Waals surface area contributed by atoms with Crippen LogP contribution in [0.3, 0.4) is 0 Å². The summed E-state index contributed by atoms with van der Waals surface area (Å²) in [5.41, 5.74) is 3.34. The molecule has 2 aromatic carbocycles. The first-order chi connectivity index (χ1) is 12.2. The molecule has 1 aliphatic rings. The second-order valence-electron chi connectivity index (χ2n) is 5.65. The van der Waals surface area contributed by atoms with Crippen LogP contribution in [0, 0.1) is 6.92 Å². The van der Waals surface area contributed by atoms with E-state index in [2.05, 4.69) is 15.5 Å². The number of fused-ring (bicyclic) bond motifs is 1. The van der Waals surface area contributed by atoms with E-state index in [-0.39, 0.29) is 12.5 Å². The summed E-state index contributed by atoms with van der Waals surface area (Å²) in [6, 6.07) is 15.1. The number of carbonyl (C=O) groups is 1. The third-order valence-electron chi connectivity index (χ3n) is 3.84. The van der Waals surface area contributed by atoms with Gasteiger partial charge in [0.15, 0.2) is 6.61 Å². The Morgan fingerprint density at radius 3 is 2.72 bits per heavy atom. The molecule has 0 radical (unpaired) electrons. The van der Waals surface area contributed by atoms with E-state index in [0.717, 1.165) is 16.8 Å². The van der Waals surface area contributed by atoms with Crippen molar-refractivity contribution < 1.29 is 14.1 Å². The second kappa shape index (κ2) is 6.24. The highest BCUT2D eigenvalue weighted by atomic mass is 16.5. The number of benzene rings is 2. The van der Waals surface area contributed by atoms with E-state index in [9.17, 15) is 4.79 Å². The number of carbonyl (C=O) groups excluding carboxylic acids is 1. The number of aryl methyl sites for hydroxylation is 1. The Morgan fingerprint density at radius 2 is 1.96 bits per heavy atom. The fourth-order valence-corrected chi connectivity index (χ4v) is 2.66. The molecule has 6 heteroatoms. The quantitative estimate of drug-likeness (QED) is 0.740. The molecular weight excluding hydrogens is 318 g/mol. The summed E-state index contributed by atoms with van der Waals surface area (Å²) >= 11 is 0. The summed E-state index contributed by atoms with van der Waals surface area (Å²) in [4.78, 5) is 16.2. The fraction of sp³-hybridized carbons (Fsp3) is 0.105. The number of ether oxygens (including phenoxy) is 1. The van der Waals surface area contributed by atoms with Crippen LogP contribution in [0.15, 0.2) is 53.1 Å². The largest absolute Gasteiger partial charge is 0.485 e. The summed E-state index contributed by atoms with van der Waals surface area (Å²) in [5.74, 6) is 1.62. The maximum atomic E-state index is 12.1. The molecule has 0 saturated carbocycles. The predicted octanol–water partition coefficient (Wildman–Crippen LogP) is 3.45. The number of nitrogens with zero attached hydrogens (tertiary/aromatic N) is 2. The van der Waals surface area contributed by atoms with Gasteiger partial charge in [0.05, 0.1) is 0 Å². The number of hydrogen-bond acceptors (Lipinski definition) is 5. The molecule has 1 aliphatic heterocycles. The molecule has 0 aliphatic carbocycles. The summed E-state index contributed by atoms with van der Waals surface area (Å²) in [6.07, 6.45) is 1.87. The summed E-state index contributed by atoms with van der Waals surface area (Å²) in [5, 5.41) is 6.65. The first-order valence-corrected chi connectivity index (χ1v) is 7.83. The lowest BCUT2D eigenvalue weighted by molar-refractivity contribution is -0.110. The predicted molar refractivity (Wildman–Crippen MR) is 92.8 cm³/mol. The Kier molecular flexibility index (Phi) is 3.78. The fourth-order valence-electron chi connectivity index (χ4n) is 2.66. The maximum absolute atomic E-state index is 12.1. The van der Waals surface area contributed by atoms with Crippen LogP contribution in [0.4, 0.5) is 5.69 Å². The normalized spacial score (nSPS) is 14.4. The Hall–Kier alpha value is -3.41. The van der Waals surface area contributed by atoms with Gasteiger partial charge in [-0.2, -0.15) is 4.98 Å². The van der Waals surface area contributed by atoms with Gasteiger partial charge in [0.25, 0.3) is 5.91 Å². The molecule has 0 fully saturated rings. The van der Waals surface area contributed by atoms with Crippen molar-refractivity contribution in [3.8, 4) is 5.75 Å². The molecule has 1 amide bonds. The van der Waals surface area contributed by atoms with Gasteiger partial charge in [-0.05, 0) is 29.8 Å². The van der Waals surface area contributed by atoms with Crippen LogP contribution >= 0.6 is 0 Å². The van der Waals surface area contributed by atoms with Gasteiger partial charge in [-0.3, -0.25) is 4.79 Å². The molecular formula is C19H15N3O3. The lowest BCUT2D eigenvalue weighted by Gasteiger charge is -2.04. The summed E-state index contributed by atoms with van der Waals surface area (Å²) in [6.45, 7) is 1.98. The number of nitrogens with one attached hydrogen (secondary N) is 1. The van der Waals surface area contributed by atoms with E-state index in [1.165, 1.54) is 0 Å². The van der Waals surface area contributed by atoms with Gasteiger partial charge >= 0.3 is 0 Å². The molecule has 0 unspecified atom stereocenters. The highest BCUT2D eigenvalue weighted by Gasteiger charge is 2.23. The van der Waals surface area contributed by atoms with Crippen LogP contribution in [0.2, 0.25) is 0 Å². The average molecular weight is 333 g/mol. The highest BCUT2D eigenvalue weighted by molar-refractivity contribution is 6.34. The standard InChI is InChI=1S/C19H15N3O3/c1-12-20-18(22-25-12)11-24-14-8-6-13(7-9-14)10-16-15-4-2-3-5-17(15)21-19(16)23/h2-10H,11H2,1H3,(H,21,23)/b16-10+. The van der Waals surface area contributed by atoms with Crippen molar-refractivity contribution in [2.75, 3.05) is 5.32 Å². The average Bonchev–Trinajstić information content (AvgIpc) is 3.18. The number of hydrogen-bond donors (Lipinski definition) is 1. The smallest absolute Gasteiger partial charge is 0.256 e. The van der Waals surface area contributed by atoms with Crippen molar-refractivity contribution in [1.82, 2.24) is 10.1 Å². The second-order valence-corrected chi connectivity index (χ2v) is 5.65. The van der Waals surface area contributed by atoms with Gasteiger partial charge in [-0.15, -0.1) is 0 Å². The van der Waals surface area contributed by atoms with Gasteiger partial charge < -0.3 is 14.6 Å². The Balaban J connectivity index is 1.50. The molecule has 0 bridgehead atoms. The zero-order valence-corrected chi connectivity index (χ0v) is 13.5. The molecule has 4 rings (SSSR count). The Morgan fingerprint density at radius 1 is 1.16 bits per heavy atom. The van der Waals surface area contributed by atoms with E-state index in [1.54, 1.807) is 6.92 Å². The summed E-state index contributed by atoms with van der Waals surface area (Å²) in [7, 11) is 0. The van der Waals surface area contributed by atoms with Crippen molar-refractivity contribution in [3.05, 3.63) is 71.4 Å². The molecule has 1 N–H and O–H groups in total. The third kappa shape index (κ3) is 3.14. The van der Waals surface area contributed by atoms with Gasteiger partial charge in [0.2, 0.25) is 11.7 Å². The van der Waals surface area contributed by atoms with Crippen molar-refractivity contribution in [2.45, 2.75) is 13.5 Å². The Labute approximate surface area is 144 Å². The molecule has 2 heterocycles. The minimum absolute atomic E-state index is 0.0889. The Bertz CT molecular complexity index is 958. The van der Waals surface area contributed by atoms with E-state index >= 15 is 0 Å². The monoisotopic (exact) mass is 333 g/mol. The molecule has 0 saturated heterocycles. The van der Waals surface area contributed by atoms with E-state index in [4.69, 9.17) is 9.26 Å². The number of para-hydroxylation sites is 1. The molecule has 0 atom stereocenters. The van der Waals surface area contributed by atoms with Gasteiger partial charge in [-0.1, -0.05) is 35.5 Å². The van der Waals surface area contributed by atoms with E-state index in [1.807, 2.05) is 54.6 Å². The van der Waals surface area contributed by atoms with Crippen molar-refractivity contribution in [2.24, 2.45) is 0 Å². The topological polar surface area (TPSA) is 77.2 Å². The first kappa shape index (κ1) is 15.1.